The number of unbranched alkanes of at least 4 members (excludes halogenated alkanes) is 2. The van der Waals surface area contributed by atoms with Crippen molar-refractivity contribution >= 4 is 11.9 Å². The molecule has 4 N–H and O–H groups in total. The number of carbonyl (C=O) groups is 2. The van der Waals surface area contributed by atoms with Gasteiger partial charge in [-0.15, -0.1) is 0 Å². The molecule has 20 heavy (non-hydrogen) atoms. The van der Waals surface area contributed by atoms with Crippen LogP contribution in [0.3, 0.4) is 0 Å². The van der Waals surface area contributed by atoms with Crippen LogP contribution in [0.2, 0.25) is 0 Å². The molecule has 0 aliphatic rings. The molecule has 2 atom stereocenters. The lowest BCUT2D eigenvalue weighted by Crippen LogP contribution is -2.44. The van der Waals surface area contributed by atoms with Crippen molar-refractivity contribution < 1.29 is 19.8 Å². The highest BCUT2D eigenvalue weighted by Crippen LogP contribution is 2.02. The average molecular weight is 288 g/mol. The van der Waals surface area contributed by atoms with E-state index in [-0.39, 0.29) is 0 Å². The van der Waals surface area contributed by atoms with Crippen LogP contribution in [0.1, 0.15) is 52.4 Å². The van der Waals surface area contributed by atoms with Crippen molar-refractivity contribution in [1.29, 1.82) is 0 Å². The zero-order valence-electron chi connectivity index (χ0n) is 12.5. The number of carboxylic acids is 2. The summed E-state index contributed by atoms with van der Waals surface area (Å²) in [6.07, 6.45) is 4.86. The fraction of sp³-hybridized carbons (Fsp3) is 0.857. The highest BCUT2D eigenvalue weighted by molar-refractivity contribution is 5.73. The highest BCUT2D eigenvalue weighted by Gasteiger charge is 2.17. The number of nitrogens with one attached hydrogen (secondary N) is 2. The SMILES string of the molecule is CCCCC(NCCNC(CCCC)C(=O)O)C(=O)O. The summed E-state index contributed by atoms with van der Waals surface area (Å²) in [6, 6.07) is -1.09. The molecule has 0 aromatic carbocycles. The third-order valence-electron chi connectivity index (χ3n) is 3.20. The predicted octanol–water partition coefficient (Wildman–Crippen LogP) is 1.45. The van der Waals surface area contributed by atoms with Gasteiger partial charge in [0, 0.05) is 13.1 Å². The van der Waals surface area contributed by atoms with Crippen molar-refractivity contribution in [3.8, 4) is 0 Å². The van der Waals surface area contributed by atoms with Crippen molar-refractivity contribution in [2.24, 2.45) is 0 Å². The van der Waals surface area contributed by atoms with Gasteiger partial charge >= 0.3 is 11.9 Å². The fourth-order valence-electron chi connectivity index (χ4n) is 1.93. The van der Waals surface area contributed by atoms with Crippen LogP contribution in [-0.2, 0) is 9.59 Å². The van der Waals surface area contributed by atoms with E-state index in [1.807, 2.05) is 13.8 Å². The quantitative estimate of drug-likeness (QED) is 0.383. The topological polar surface area (TPSA) is 98.7 Å². The largest absolute Gasteiger partial charge is 0.480 e. The number of hydrogen-bond acceptors (Lipinski definition) is 4. The maximum atomic E-state index is 11.0. The zero-order valence-corrected chi connectivity index (χ0v) is 12.5. The Bertz CT molecular complexity index is 256. The van der Waals surface area contributed by atoms with E-state index >= 15 is 0 Å². The van der Waals surface area contributed by atoms with Gasteiger partial charge in [0.2, 0.25) is 0 Å². The minimum absolute atomic E-state index is 0.455. The van der Waals surface area contributed by atoms with Gasteiger partial charge in [0.15, 0.2) is 0 Å². The Balaban J connectivity index is 3.94. The second-order valence-electron chi connectivity index (χ2n) is 4.97. The summed E-state index contributed by atoms with van der Waals surface area (Å²) in [4.78, 5) is 22.0. The van der Waals surface area contributed by atoms with Gasteiger partial charge in [0.25, 0.3) is 0 Å². The summed E-state index contributed by atoms with van der Waals surface area (Å²) in [5, 5.41) is 24.0. The van der Waals surface area contributed by atoms with Crippen molar-refractivity contribution in [1.82, 2.24) is 10.6 Å². The van der Waals surface area contributed by atoms with E-state index in [1.54, 1.807) is 0 Å². The van der Waals surface area contributed by atoms with Crippen LogP contribution in [0, 0.1) is 0 Å². The molecule has 0 spiro atoms. The molecule has 0 amide bonds. The third kappa shape index (κ3) is 8.87. The van der Waals surface area contributed by atoms with Gasteiger partial charge in [-0.3, -0.25) is 9.59 Å². The van der Waals surface area contributed by atoms with Crippen LogP contribution in [0.15, 0.2) is 0 Å². The first-order chi connectivity index (χ1) is 9.52. The number of carboxylic acid groups (broad SMARTS) is 2. The van der Waals surface area contributed by atoms with Crippen molar-refractivity contribution in [2.75, 3.05) is 13.1 Å². The summed E-state index contributed by atoms with van der Waals surface area (Å²) in [7, 11) is 0. The molecule has 0 fully saturated rings. The van der Waals surface area contributed by atoms with Crippen LogP contribution < -0.4 is 10.6 Å². The van der Waals surface area contributed by atoms with Gasteiger partial charge in [-0.1, -0.05) is 39.5 Å². The zero-order chi connectivity index (χ0) is 15.4. The summed E-state index contributed by atoms with van der Waals surface area (Å²) < 4.78 is 0. The van der Waals surface area contributed by atoms with E-state index in [4.69, 9.17) is 10.2 Å². The Morgan fingerprint density at radius 3 is 1.45 bits per heavy atom. The maximum Gasteiger partial charge on any atom is 0.320 e. The lowest BCUT2D eigenvalue weighted by Gasteiger charge is -2.17. The number of rotatable bonds is 13. The molecule has 0 aliphatic heterocycles. The lowest BCUT2D eigenvalue weighted by molar-refractivity contribution is -0.141. The molecule has 0 saturated carbocycles. The number of aliphatic carboxylic acids is 2. The maximum absolute atomic E-state index is 11.0. The smallest absolute Gasteiger partial charge is 0.320 e. The van der Waals surface area contributed by atoms with E-state index in [0.717, 1.165) is 25.7 Å². The first kappa shape index (κ1) is 18.9. The summed E-state index contributed by atoms with van der Waals surface area (Å²) >= 11 is 0. The first-order valence-electron chi connectivity index (χ1n) is 7.45. The minimum atomic E-state index is -0.848. The minimum Gasteiger partial charge on any atom is -0.480 e. The van der Waals surface area contributed by atoms with Gasteiger partial charge in [-0.25, -0.2) is 0 Å². The average Bonchev–Trinajstić information content (AvgIpc) is 2.40. The Morgan fingerprint density at radius 2 is 1.20 bits per heavy atom. The van der Waals surface area contributed by atoms with Crippen molar-refractivity contribution in [2.45, 2.75) is 64.5 Å². The standard InChI is InChI=1S/C14H28N2O4/c1-3-5-7-11(13(17)18)15-9-10-16-12(14(19)20)8-6-4-2/h11-12,15-16H,3-10H2,1-2H3,(H,17,18)(H,19,20). The Labute approximate surface area is 120 Å². The Morgan fingerprint density at radius 1 is 0.850 bits per heavy atom. The molecule has 0 heterocycles. The van der Waals surface area contributed by atoms with Crippen LogP contribution in [0.4, 0.5) is 0 Å². The molecule has 0 aromatic heterocycles. The fourth-order valence-corrected chi connectivity index (χ4v) is 1.93. The van der Waals surface area contributed by atoms with Gasteiger partial charge in [0.05, 0.1) is 0 Å². The second kappa shape index (κ2) is 11.7. The molecule has 0 radical (unpaired) electrons. The van der Waals surface area contributed by atoms with Crippen molar-refractivity contribution in [3.63, 3.8) is 0 Å². The molecule has 0 aliphatic carbocycles. The van der Waals surface area contributed by atoms with E-state index in [0.29, 0.717) is 25.9 Å². The van der Waals surface area contributed by atoms with E-state index in [1.165, 1.54) is 0 Å². The third-order valence-corrected chi connectivity index (χ3v) is 3.20. The lowest BCUT2D eigenvalue weighted by atomic mass is 10.1. The summed E-state index contributed by atoms with van der Waals surface area (Å²) in [5.74, 6) is -1.70. The van der Waals surface area contributed by atoms with Gasteiger partial charge < -0.3 is 20.8 Å². The molecule has 6 heteroatoms. The van der Waals surface area contributed by atoms with Crippen LogP contribution in [0.5, 0.6) is 0 Å². The first-order valence-corrected chi connectivity index (χ1v) is 7.45. The van der Waals surface area contributed by atoms with Gasteiger partial charge in [0.1, 0.15) is 12.1 Å². The van der Waals surface area contributed by atoms with Crippen LogP contribution >= 0.6 is 0 Å². The van der Waals surface area contributed by atoms with Crippen molar-refractivity contribution in [3.05, 3.63) is 0 Å². The Hall–Kier alpha value is -1.14. The monoisotopic (exact) mass is 288 g/mol. The second-order valence-corrected chi connectivity index (χ2v) is 4.97. The summed E-state index contributed by atoms with van der Waals surface area (Å²) in [6.45, 7) is 4.95. The molecule has 0 rings (SSSR count). The molecule has 0 saturated heterocycles. The van der Waals surface area contributed by atoms with Crippen LogP contribution in [0.25, 0.3) is 0 Å². The Kier molecular flexibility index (Phi) is 11.0. The molecule has 0 bridgehead atoms. The van der Waals surface area contributed by atoms with Gasteiger partial charge in [-0.05, 0) is 12.8 Å². The van der Waals surface area contributed by atoms with Gasteiger partial charge in [-0.2, -0.15) is 0 Å². The molecule has 0 aromatic rings. The molecule has 2 unspecified atom stereocenters. The molecular formula is C14H28N2O4. The van der Waals surface area contributed by atoms with E-state index in [2.05, 4.69) is 10.6 Å². The van der Waals surface area contributed by atoms with Crippen LogP contribution in [-0.4, -0.2) is 47.3 Å². The highest BCUT2D eigenvalue weighted by atomic mass is 16.4. The molecular weight excluding hydrogens is 260 g/mol. The molecule has 118 valence electrons. The number of hydrogen-bond donors (Lipinski definition) is 4. The normalized spacial score (nSPS) is 13.9. The van der Waals surface area contributed by atoms with E-state index in [9.17, 15) is 9.59 Å². The van der Waals surface area contributed by atoms with E-state index < -0.39 is 24.0 Å². The predicted molar refractivity (Wildman–Crippen MR) is 77.9 cm³/mol. The summed E-state index contributed by atoms with van der Waals surface area (Å²) in [5.41, 5.74) is 0. The molecule has 6 nitrogen and oxygen atoms in total.